The van der Waals surface area contributed by atoms with Gasteiger partial charge < -0.3 is 15.4 Å². The Morgan fingerprint density at radius 3 is 2.46 bits per heavy atom. The zero-order valence-corrected chi connectivity index (χ0v) is 15.9. The summed E-state index contributed by atoms with van der Waals surface area (Å²) < 4.78 is 27.5. The lowest BCUT2D eigenvalue weighted by atomic mass is 10.1. The van der Waals surface area contributed by atoms with Crippen molar-refractivity contribution in [3.05, 3.63) is 58.1 Å². The van der Waals surface area contributed by atoms with Crippen molar-refractivity contribution in [2.75, 3.05) is 25.5 Å². The summed E-state index contributed by atoms with van der Waals surface area (Å²) in [5, 5.41) is 21.4. The van der Waals surface area contributed by atoms with Gasteiger partial charge in [-0.15, -0.1) is 0 Å². The van der Waals surface area contributed by atoms with E-state index in [1.165, 1.54) is 37.4 Å². The predicted molar refractivity (Wildman–Crippen MR) is 103 cm³/mol. The molecule has 150 valence electrons. The van der Waals surface area contributed by atoms with E-state index in [2.05, 4.69) is 10.6 Å². The number of nitrogens with two attached hydrogens (primary N) is 1. The number of methoxy groups -OCH3 is 1. The molecule has 0 saturated heterocycles. The molecule has 4 N–H and O–H groups in total. The molecule has 0 fully saturated rings. The SMILES string of the molecule is COc1cc([N+](=O)[O-])ccc1NC(=O)CNCCc1ccc(S(N)(=O)=O)cc1. The van der Waals surface area contributed by atoms with Crippen molar-refractivity contribution in [3.8, 4) is 5.75 Å². The number of hydrogen-bond donors (Lipinski definition) is 3. The number of nitro benzene ring substituents is 1. The molecule has 0 heterocycles. The maximum atomic E-state index is 12.0. The summed E-state index contributed by atoms with van der Waals surface area (Å²) >= 11 is 0. The van der Waals surface area contributed by atoms with Crippen molar-refractivity contribution in [2.24, 2.45) is 5.14 Å². The van der Waals surface area contributed by atoms with Gasteiger partial charge in [0.1, 0.15) is 5.75 Å². The molecule has 28 heavy (non-hydrogen) atoms. The lowest BCUT2D eigenvalue weighted by molar-refractivity contribution is -0.384. The first kappa shape index (κ1) is 21.3. The number of amides is 1. The normalized spacial score (nSPS) is 11.1. The van der Waals surface area contributed by atoms with Crippen LogP contribution >= 0.6 is 0 Å². The van der Waals surface area contributed by atoms with Crippen LogP contribution < -0.4 is 20.5 Å². The topological polar surface area (TPSA) is 154 Å². The second-order valence-electron chi connectivity index (χ2n) is 5.81. The third kappa shape index (κ3) is 6.01. The van der Waals surface area contributed by atoms with Crippen LogP contribution in [0, 0.1) is 10.1 Å². The summed E-state index contributed by atoms with van der Waals surface area (Å²) in [5.74, 6) is -0.144. The number of carbonyl (C=O) groups excluding carboxylic acids is 1. The number of non-ortho nitro benzene ring substituents is 1. The lowest BCUT2D eigenvalue weighted by Gasteiger charge is -2.10. The molecule has 0 bridgehead atoms. The Morgan fingerprint density at radius 1 is 1.21 bits per heavy atom. The summed E-state index contributed by atoms with van der Waals surface area (Å²) in [6, 6.07) is 10.1. The summed E-state index contributed by atoms with van der Waals surface area (Å²) in [6.45, 7) is 0.509. The number of ether oxygens (including phenoxy) is 1. The third-order valence-electron chi connectivity index (χ3n) is 3.80. The molecule has 0 saturated carbocycles. The van der Waals surface area contributed by atoms with E-state index >= 15 is 0 Å². The van der Waals surface area contributed by atoms with Gasteiger partial charge in [-0.05, 0) is 36.7 Å². The molecular formula is C17H20N4O6S. The lowest BCUT2D eigenvalue weighted by Crippen LogP contribution is -2.29. The van der Waals surface area contributed by atoms with Gasteiger partial charge in [-0.3, -0.25) is 14.9 Å². The fourth-order valence-electron chi connectivity index (χ4n) is 2.37. The molecule has 0 aliphatic rings. The average molecular weight is 408 g/mol. The van der Waals surface area contributed by atoms with Crippen LogP contribution in [-0.2, 0) is 21.2 Å². The molecule has 0 aliphatic heterocycles. The molecule has 1 amide bonds. The Morgan fingerprint density at radius 2 is 1.89 bits per heavy atom. The van der Waals surface area contributed by atoms with Gasteiger partial charge in [0.05, 0.1) is 35.2 Å². The van der Waals surface area contributed by atoms with Gasteiger partial charge in [-0.2, -0.15) is 0 Å². The maximum absolute atomic E-state index is 12.0. The zero-order valence-electron chi connectivity index (χ0n) is 15.0. The first-order chi connectivity index (χ1) is 13.2. The summed E-state index contributed by atoms with van der Waals surface area (Å²) in [6.07, 6.45) is 0.582. The Hall–Kier alpha value is -3.02. The van der Waals surface area contributed by atoms with Gasteiger partial charge in [0, 0.05) is 6.07 Å². The third-order valence-corrected chi connectivity index (χ3v) is 4.73. The Kier molecular flexibility index (Phi) is 7.04. The Labute approximate surface area is 161 Å². The smallest absolute Gasteiger partial charge is 0.273 e. The molecule has 0 atom stereocenters. The second kappa shape index (κ2) is 9.26. The van der Waals surface area contributed by atoms with E-state index in [-0.39, 0.29) is 28.8 Å². The van der Waals surface area contributed by atoms with Gasteiger partial charge >= 0.3 is 0 Å². The molecule has 0 unspecified atom stereocenters. The molecule has 0 aliphatic carbocycles. The standard InChI is InChI=1S/C17H20N4O6S/c1-27-16-10-13(21(23)24)4-7-15(16)20-17(22)11-19-9-8-12-2-5-14(6-3-12)28(18,25)26/h2-7,10,19H,8-9,11H2,1H3,(H,20,22)(H2,18,25,26). The number of rotatable bonds is 9. The van der Waals surface area contributed by atoms with E-state index in [1.807, 2.05) is 0 Å². The van der Waals surface area contributed by atoms with Gasteiger partial charge in [-0.25, -0.2) is 13.6 Å². The van der Waals surface area contributed by atoms with Crippen molar-refractivity contribution in [3.63, 3.8) is 0 Å². The van der Waals surface area contributed by atoms with E-state index < -0.39 is 14.9 Å². The fourth-order valence-corrected chi connectivity index (χ4v) is 2.89. The average Bonchev–Trinajstić information content (AvgIpc) is 2.65. The number of nitro groups is 1. The van der Waals surface area contributed by atoms with Crippen molar-refractivity contribution in [2.45, 2.75) is 11.3 Å². The highest BCUT2D eigenvalue weighted by atomic mass is 32.2. The van der Waals surface area contributed by atoms with Crippen LogP contribution in [0.2, 0.25) is 0 Å². The molecule has 2 rings (SSSR count). The number of benzene rings is 2. The van der Waals surface area contributed by atoms with Crippen LogP contribution in [0.25, 0.3) is 0 Å². The molecule has 0 aromatic heterocycles. The maximum Gasteiger partial charge on any atom is 0.273 e. The summed E-state index contributed by atoms with van der Waals surface area (Å²) in [7, 11) is -2.36. The molecule has 2 aromatic rings. The van der Waals surface area contributed by atoms with Crippen molar-refractivity contribution >= 4 is 27.3 Å². The monoisotopic (exact) mass is 408 g/mol. The van der Waals surface area contributed by atoms with Crippen LogP contribution in [-0.4, -0.2) is 39.4 Å². The van der Waals surface area contributed by atoms with Gasteiger partial charge in [0.2, 0.25) is 15.9 Å². The largest absolute Gasteiger partial charge is 0.494 e. The van der Waals surface area contributed by atoms with Crippen LogP contribution in [0.15, 0.2) is 47.4 Å². The number of primary sulfonamides is 1. The minimum Gasteiger partial charge on any atom is -0.494 e. The van der Waals surface area contributed by atoms with Gasteiger partial charge in [-0.1, -0.05) is 12.1 Å². The van der Waals surface area contributed by atoms with Crippen molar-refractivity contribution < 1.29 is 22.9 Å². The first-order valence-electron chi connectivity index (χ1n) is 8.15. The minimum atomic E-state index is -3.72. The highest BCUT2D eigenvalue weighted by Crippen LogP contribution is 2.28. The van der Waals surface area contributed by atoms with E-state index in [0.717, 1.165) is 5.56 Å². The van der Waals surface area contributed by atoms with E-state index in [1.54, 1.807) is 12.1 Å². The highest BCUT2D eigenvalue weighted by Gasteiger charge is 2.13. The fraction of sp³-hybridized carbons (Fsp3) is 0.235. The highest BCUT2D eigenvalue weighted by molar-refractivity contribution is 7.89. The molecule has 10 nitrogen and oxygen atoms in total. The molecular weight excluding hydrogens is 388 g/mol. The van der Waals surface area contributed by atoms with Crippen LogP contribution in [0.5, 0.6) is 5.75 Å². The van der Waals surface area contributed by atoms with E-state index in [0.29, 0.717) is 18.7 Å². The Bertz CT molecular complexity index is 960. The number of hydrogen-bond acceptors (Lipinski definition) is 7. The van der Waals surface area contributed by atoms with Crippen molar-refractivity contribution in [1.82, 2.24) is 5.32 Å². The zero-order chi connectivity index (χ0) is 20.7. The molecule has 2 aromatic carbocycles. The summed E-state index contributed by atoms with van der Waals surface area (Å²) in [5.41, 5.74) is 1.08. The molecule has 0 radical (unpaired) electrons. The van der Waals surface area contributed by atoms with Gasteiger partial charge in [0.25, 0.3) is 5.69 Å². The van der Waals surface area contributed by atoms with Crippen LogP contribution in [0.3, 0.4) is 0 Å². The quantitative estimate of drug-likeness (QED) is 0.318. The molecule has 0 spiro atoms. The van der Waals surface area contributed by atoms with E-state index in [4.69, 9.17) is 9.88 Å². The number of anilines is 1. The second-order valence-corrected chi connectivity index (χ2v) is 7.37. The number of carbonyl (C=O) groups is 1. The number of nitrogens with zero attached hydrogens (tertiary/aromatic N) is 1. The van der Waals surface area contributed by atoms with Crippen molar-refractivity contribution in [1.29, 1.82) is 0 Å². The minimum absolute atomic E-state index is 0.0232. The van der Waals surface area contributed by atoms with Crippen LogP contribution in [0.1, 0.15) is 5.56 Å². The molecule has 11 heteroatoms. The number of nitrogens with one attached hydrogen (secondary N) is 2. The summed E-state index contributed by atoms with van der Waals surface area (Å²) in [4.78, 5) is 22.3. The number of sulfonamides is 1. The Balaban J connectivity index is 1.82. The predicted octanol–water partition coefficient (Wildman–Crippen LogP) is 1.02. The van der Waals surface area contributed by atoms with Gasteiger partial charge in [0.15, 0.2) is 0 Å². The first-order valence-corrected chi connectivity index (χ1v) is 9.70. The van der Waals surface area contributed by atoms with E-state index in [9.17, 15) is 23.3 Å². The van der Waals surface area contributed by atoms with Crippen LogP contribution in [0.4, 0.5) is 11.4 Å².